The van der Waals surface area contributed by atoms with Gasteiger partial charge in [0.25, 0.3) is 0 Å². The number of fused-ring (bicyclic) bond motifs is 2. The lowest BCUT2D eigenvalue weighted by Gasteiger charge is -2.04. The molecule has 0 aliphatic rings. The Morgan fingerprint density at radius 1 is 1.23 bits per heavy atom. The fourth-order valence-electron chi connectivity index (χ4n) is 3.28. The van der Waals surface area contributed by atoms with Gasteiger partial charge in [0, 0.05) is 18.1 Å². The van der Waals surface area contributed by atoms with Gasteiger partial charge in [-0.05, 0) is 49.2 Å². The number of methoxy groups -OCH3 is 1. The van der Waals surface area contributed by atoms with E-state index in [0.717, 1.165) is 51.3 Å². The molecule has 1 aromatic carbocycles. The largest absolute Gasteiger partial charge is 0.465 e. The van der Waals surface area contributed by atoms with Crippen LogP contribution in [0.3, 0.4) is 0 Å². The van der Waals surface area contributed by atoms with Gasteiger partial charge in [0.15, 0.2) is 5.82 Å². The van der Waals surface area contributed by atoms with Crippen molar-refractivity contribution in [2.75, 3.05) is 7.11 Å². The molecule has 3 aromatic heterocycles. The minimum absolute atomic E-state index is 0.349. The number of benzene rings is 1. The summed E-state index contributed by atoms with van der Waals surface area (Å²) in [4.78, 5) is 24.7. The van der Waals surface area contributed by atoms with Crippen molar-refractivity contribution < 1.29 is 9.53 Å². The van der Waals surface area contributed by atoms with Crippen molar-refractivity contribution in [3.8, 4) is 11.5 Å². The summed E-state index contributed by atoms with van der Waals surface area (Å²) in [6, 6.07) is 9.92. The van der Waals surface area contributed by atoms with Crippen molar-refractivity contribution in [3.63, 3.8) is 0 Å². The Morgan fingerprint density at radius 2 is 2.04 bits per heavy atom. The first kappa shape index (κ1) is 16.3. The summed E-state index contributed by atoms with van der Waals surface area (Å²) >= 11 is 0. The van der Waals surface area contributed by atoms with Crippen LogP contribution in [0.5, 0.6) is 0 Å². The second-order valence-electron chi connectivity index (χ2n) is 6.42. The summed E-state index contributed by atoms with van der Waals surface area (Å²) in [5.74, 6) is 0.455. The van der Waals surface area contributed by atoms with Crippen molar-refractivity contribution in [3.05, 3.63) is 47.2 Å². The molecular weight excluding hydrogens is 328 g/mol. The van der Waals surface area contributed by atoms with Crippen LogP contribution in [0.1, 0.15) is 28.5 Å². The highest BCUT2D eigenvalue weighted by atomic mass is 16.5. The molecular formula is C20H20N4O2. The van der Waals surface area contributed by atoms with E-state index in [1.165, 1.54) is 7.11 Å². The summed E-state index contributed by atoms with van der Waals surface area (Å²) in [5.41, 5.74) is 5.93. The maximum absolute atomic E-state index is 11.9. The molecule has 0 bridgehead atoms. The maximum Gasteiger partial charge on any atom is 0.338 e. The van der Waals surface area contributed by atoms with Crippen molar-refractivity contribution in [1.29, 1.82) is 0 Å². The van der Waals surface area contributed by atoms with E-state index in [1.807, 2.05) is 30.7 Å². The van der Waals surface area contributed by atoms with Gasteiger partial charge in [-0.2, -0.15) is 0 Å². The van der Waals surface area contributed by atoms with Crippen molar-refractivity contribution in [1.82, 2.24) is 19.5 Å². The van der Waals surface area contributed by atoms with Crippen molar-refractivity contribution >= 4 is 28.0 Å². The molecule has 0 unspecified atom stereocenters. The van der Waals surface area contributed by atoms with Crippen LogP contribution in [0.15, 0.2) is 30.3 Å². The molecule has 1 N–H and O–H groups in total. The predicted molar refractivity (Wildman–Crippen MR) is 101 cm³/mol. The number of esters is 1. The van der Waals surface area contributed by atoms with Crippen LogP contribution in [0.25, 0.3) is 33.6 Å². The molecule has 0 aliphatic carbocycles. The summed E-state index contributed by atoms with van der Waals surface area (Å²) in [6.07, 6.45) is 0.895. The fraction of sp³-hybridized carbons (Fsp3) is 0.250. The van der Waals surface area contributed by atoms with E-state index in [-0.39, 0.29) is 5.97 Å². The Kier molecular flexibility index (Phi) is 3.76. The van der Waals surface area contributed by atoms with E-state index >= 15 is 0 Å². The third-order valence-corrected chi connectivity index (χ3v) is 4.77. The third-order valence-electron chi connectivity index (χ3n) is 4.77. The number of aromatic nitrogens is 4. The normalized spacial score (nSPS) is 11.4. The molecule has 26 heavy (non-hydrogen) atoms. The molecule has 6 nitrogen and oxygen atoms in total. The van der Waals surface area contributed by atoms with Gasteiger partial charge in [0.05, 0.1) is 29.4 Å². The number of carbonyl (C=O) groups excluding carboxylic acids is 1. The van der Waals surface area contributed by atoms with Crippen LogP contribution in [0, 0.1) is 6.92 Å². The molecule has 132 valence electrons. The summed E-state index contributed by atoms with van der Waals surface area (Å²) in [7, 11) is 3.36. The molecule has 0 fully saturated rings. The quantitative estimate of drug-likeness (QED) is 0.572. The first-order valence-corrected chi connectivity index (χ1v) is 8.56. The zero-order valence-corrected chi connectivity index (χ0v) is 15.3. The SMILES string of the molecule is CCc1ccc2cc(-c3nc4cc(C(=O)OC)c(C)cc4n3C)[nH]c2n1. The Bertz CT molecular complexity index is 1150. The minimum atomic E-state index is -0.349. The topological polar surface area (TPSA) is 72.8 Å². The Hall–Kier alpha value is -3.15. The molecule has 0 spiro atoms. The van der Waals surface area contributed by atoms with Gasteiger partial charge < -0.3 is 14.3 Å². The summed E-state index contributed by atoms with van der Waals surface area (Å²) < 4.78 is 6.88. The molecule has 0 aliphatic heterocycles. The Morgan fingerprint density at radius 3 is 2.77 bits per heavy atom. The molecule has 6 heteroatoms. The number of aryl methyl sites for hydroxylation is 3. The molecule has 3 heterocycles. The van der Waals surface area contributed by atoms with Gasteiger partial charge >= 0.3 is 5.97 Å². The lowest BCUT2D eigenvalue weighted by atomic mass is 10.1. The number of H-pyrrole nitrogens is 1. The van der Waals surface area contributed by atoms with Crippen LogP contribution >= 0.6 is 0 Å². The first-order valence-electron chi connectivity index (χ1n) is 8.56. The molecule has 0 radical (unpaired) electrons. The maximum atomic E-state index is 11.9. The van der Waals surface area contributed by atoms with E-state index < -0.39 is 0 Å². The number of carbonyl (C=O) groups is 1. The number of hydrogen-bond acceptors (Lipinski definition) is 4. The zero-order chi connectivity index (χ0) is 18.4. The molecule has 4 rings (SSSR count). The predicted octanol–water partition coefficient (Wildman–Crippen LogP) is 3.77. The summed E-state index contributed by atoms with van der Waals surface area (Å²) in [6.45, 7) is 3.99. The zero-order valence-electron chi connectivity index (χ0n) is 15.3. The highest BCUT2D eigenvalue weighted by Crippen LogP contribution is 2.28. The molecule has 0 atom stereocenters. The number of imidazole rings is 1. The number of ether oxygens (including phenoxy) is 1. The van der Waals surface area contributed by atoms with Crippen LogP contribution in [0.4, 0.5) is 0 Å². The Labute approximate surface area is 150 Å². The fourth-order valence-corrected chi connectivity index (χ4v) is 3.28. The van der Waals surface area contributed by atoms with E-state index in [2.05, 4.69) is 29.0 Å². The molecule has 0 amide bonds. The van der Waals surface area contributed by atoms with E-state index in [0.29, 0.717) is 5.56 Å². The highest BCUT2D eigenvalue weighted by molar-refractivity contribution is 5.96. The lowest BCUT2D eigenvalue weighted by molar-refractivity contribution is 0.0600. The third kappa shape index (κ3) is 2.45. The lowest BCUT2D eigenvalue weighted by Crippen LogP contribution is -2.03. The van der Waals surface area contributed by atoms with Crippen LogP contribution in [-0.4, -0.2) is 32.6 Å². The van der Waals surface area contributed by atoms with Gasteiger partial charge in [-0.15, -0.1) is 0 Å². The van der Waals surface area contributed by atoms with Crippen molar-refractivity contribution in [2.24, 2.45) is 7.05 Å². The number of nitrogens with one attached hydrogen (secondary N) is 1. The monoisotopic (exact) mass is 348 g/mol. The Balaban J connectivity index is 1.89. The second kappa shape index (κ2) is 5.98. The van der Waals surface area contributed by atoms with Crippen LogP contribution in [-0.2, 0) is 18.2 Å². The first-order chi connectivity index (χ1) is 12.5. The smallest absolute Gasteiger partial charge is 0.338 e. The average Bonchev–Trinajstić information content (AvgIpc) is 3.21. The van der Waals surface area contributed by atoms with Gasteiger partial charge in [0.1, 0.15) is 5.65 Å². The van der Waals surface area contributed by atoms with Gasteiger partial charge in [-0.25, -0.2) is 14.8 Å². The molecule has 4 aromatic rings. The number of pyridine rings is 1. The number of nitrogens with zero attached hydrogens (tertiary/aromatic N) is 3. The number of aromatic amines is 1. The van der Waals surface area contributed by atoms with E-state index in [9.17, 15) is 4.79 Å². The number of hydrogen-bond donors (Lipinski definition) is 1. The highest BCUT2D eigenvalue weighted by Gasteiger charge is 2.17. The minimum Gasteiger partial charge on any atom is -0.465 e. The average molecular weight is 348 g/mol. The molecule has 0 saturated heterocycles. The van der Waals surface area contributed by atoms with E-state index in [1.54, 1.807) is 6.07 Å². The number of rotatable bonds is 3. The summed E-state index contributed by atoms with van der Waals surface area (Å²) in [5, 5.41) is 1.05. The van der Waals surface area contributed by atoms with Gasteiger partial charge in [0.2, 0.25) is 0 Å². The standard InChI is InChI=1S/C20H20N4O2/c1-5-13-7-6-12-9-16(22-18(12)21-13)19-23-15-10-14(20(25)26-4)11(2)8-17(15)24(19)3/h6-10H,5H2,1-4H3,(H,21,22). The van der Waals surface area contributed by atoms with Gasteiger partial charge in [-0.1, -0.05) is 6.92 Å². The van der Waals surface area contributed by atoms with Gasteiger partial charge in [-0.3, -0.25) is 0 Å². The second-order valence-corrected chi connectivity index (χ2v) is 6.42. The van der Waals surface area contributed by atoms with Crippen molar-refractivity contribution in [2.45, 2.75) is 20.3 Å². The molecule has 0 saturated carbocycles. The van der Waals surface area contributed by atoms with Crippen LogP contribution in [0.2, 0.25) is 0 Å². The van der Waals surface area contributed by atoms with Crippen LogP contribution < -0.4 is 0 Å². The van der Waals surface area contributed by atoms with E-state index in [4.69, 9.17) is 9.72 Å².